The van der Waals surface area contributed by atoms with Gasteiger partial charge >= 0.3 is 0 Å². The quantitative estimate of drug-likeness (QED) is 0.748. The highest BCUT2D eigenvalue weighted by atomic mass is 16.5. The number of aryl methyl sites for hydroxylation is 2. The van der Waals surface area contributed by atoms with E-state index in [4.69, 9.17) is 4.74 Å². The van der Waals surface area contributed by atoms with Gasteiger partial charge in [0.2, 0.25) is 0 Å². The van der Waals surface area contributed by atoms with E-state index in [1.165, 1.54) is 22.3 Å². The molecule has 1 aliphatic rings. The van der Waals surface area contributed by atoms with E-state index in [-0.39, 0.29) is 0 Å². The molecule has 0 unspecified atom stereocenters. The smallest absolute Gasteiger partial charge is 0.109 e. The zero-order chi connectivity index (χ0) is 11.8. The van der Waals surface area contributed by atoms with Gasteiger partial charge in [-0.3, -0.25) is 0 Å². The van der Waals surface area contributed by atoms with Gasteiger partial charge in [0.05, 0.1) is 13.2 Å². The van der Waals surface area contributed by atoms with Gasteiger partial charge in [-0.1, -0.05) is 11.6 Å². The van der Waals surface area contributed by atoms with Crippen LogP contribution in [0.5, 0.6) is 0 Å². The maximum Gasteiger partial charge on any atom is 0.109 e. The van der Waals surface area contributed by atoms with Crippen molar-refractivity contribution in [2.24, 2.45) is 7.05 Å². The molecular weight excluding hydrogens is 212 g/mol. The third-order valence-corrected chi connectivity index (χ3v) is 3.51. The summed E-state index contributed by atoms with van der Waals surface area (Å²) < 4.78 is 7.68. The highest BCUT2D eigenvalue weighted by Crippen LogP contribution is 2.26. The molecule has 0 saturated carbocycles. The summed E-state index contributed by atoms with van der Waals surface area (Å²) in [5.74, 6) is 1.30. The Morgan fingerprint density at radius 2 is 1.88 bits per heavy atom. The summed E-state index contributed by atoms with van der Waals surface area (Å²) in [4.78, 5) is 2.40. The summed E-state index contributed by atoms with van der Waals surface area (Å²) >= 11 is 0. The highest BCUT2D eigenvalue weighted by molar-refractivity contribution is 5.85. The largest absolute Gasteiger partial charge is 0.378 e. The topological polar surface area (TPSA) is 17.4 Å². The number of hydrogen-bond donors (Lipinski definition) is 0. The number of hydrogen-bond acceptors (Lipinski definition) is 2. The Kier molecular flexibility index (Phi) is 2.56. The molecule has 0 atom stereocenters. The fourth-order valence-corrected chi connectivity index (χ4v) is 2.55. The molecule has 90 valence electrons. The van der Waals surface area contributed by atoms with Crippen molar-refractivity contribution >= 4 is 16.7 Å². The molecule has 2 aromatic rings. The first-order valence-corrected chi connectivity index (χ1v) is 6.14. The molecule has 3 rings (SSSR count). The number of nitrogens with zero attached hydrogens (tertiary/aromatic N) is 2. The molecule has 0 aliphatic carbocycles. The van der Waals surface area contributed by atoms with E-state index in [1.807, 2.05) is 0 Å². The molecule has 17 heavy (non-hydrogen) atoms. The van der Waals surface area contributed by atoms with Gasteiger partial charge in [-0.2, -0.15) is 0 Å². The minimum absolute atomic E-state index is 0.834. The van der Waals surface area contributed by atoms with Crippen molar-refractivity contribution in [3.63, 3.8) is 0 Å². The lowest BCUT2D eigenvalue weighted by Crippen LogP contribution is -2.37. The fraction of sp³-hybridized carbons (Fsp3) is 0.429. The normalized spacial score (nSPS) is 16.7. The molecule has 3 heteroatoms. The zero-order valence-electron chi connectivity index (χ0n) is 10.4. The minimum atomic E-state index is 0.834. The van der Waals surface area contributed by atoms with E-state index >= 15 is 0 Å². The van der Waals surface area contributed by atoms with Crippen LogP contribution in [0.4, 0.5) is 5.82 Å². The van der Waals surface area contributed by atoms with Crippen LogP contribution in [-0.2, 0) is 11.8 Å². The van der Waals surface area contributed by atoms with Gasteiger partial charge in [-0.15, -0.1) is 0 Å². The average Bonchev–Trinajstić information content (AvgIpc) is 2.67. The monoisotopic (exact) mass is 230 g/mol. The second kappa shape index (κ2) is 4.08. The molecule has 1 aromatic heterocycles. The Balaban J connectivity index is 2.07. The number of morpholine rings is 1. The fourth-order valence-electron chi connectivity index (χ4n) is 2.55. The van der Waals surface area contributed by atoms with Crippen molar-refractivity contribution in [3.05, 3.63) is 29.8 Å². The van der Waals surface area contributed by atoms with Crippen molar-refractivity contribution in [3.8, 4) is 0 Å². The van der Waals surface area contributed by atoms with Crippen molar-refractivity contribution < 1.29 is 4.74 Å². The van der Waals surface area contributed by atoms with Crippen LogP contribution >= 0.6 is 0 Å². The second-order valence-electron chi connectivity index (χ2n) is 4.72. The third-order valence-electron chi connectivity index (χ3n) is 3.51. The molecule has 2 heterocycles. The molecule has 0 bridgehead atoms. The molecule has 1 fully saturated rings. The summed E-state index contributed by atoms with van der Waals surface area (Å²) in [6, 6.07) is 8.91. The predicted octanol–water partition coefficient (Wildman–Crippen LogP) is 2.32. The first kappa shape index (κ1) is 10.7. The van der Waals surface area contributed by atoms with Crippen LogP contribution in [0.2, 0.25) is 0 Å². The number of benzene rings is 1. The van der Waals surface area contributed by atoms with Crippen LogP contribution < -0.4 is 4.90 Å². The van der Waals surface area contributed by atoms with Gasteiger partial charge in [0, 0.05) is 31.0 Å². The van der Waals surface area contributed by atoms with Crippen LogP contribution in [0, 0.1) is 6.92 Å². The van der Waals surface area contributed by atoms with E-state index in [9.17, 15) is 0 Å². The lowest BCUT2D eigenvalue weighted by atomic mass is 10.2. The van der Waals surface area contributed by atoms with Crippen molar-refractivity contribution in [2.75, 3.05) is 31.2 Å². The second-order valence-corrected chi connectivity index (χ2v) is 4.72. The number of aromatic nitrogens is 1. The SMILES string of the molecule is Cc1ccc2c(c1)cc(N1CCOCC1)n2C. The van der Waals surface area contributed by atoms with E-state index in [1.54, 1.807) is 0 Å². The summed E-state index contributed by atoms with van der Waals surface area (Å²) in [5.41, 5.74) is 2.62. The van der Waals surface area contributed by atoms with Gasteiger partial charge in [0.15, 0.2) is 0 Å². The van der Waals surface area contributed by atoms with E-state index in [2.05, 4.69) is 47.7 Å². The van der Waals surface area contributed by atoms with Gasteiger partial charge in [0.25, 0.3) is 0 Å². The van der Waals surface area contributed by atoms with Crippen LogP contribution in [0.1, 0.15) is 5.56 Å². The highest BCUT2D eigenvalue weighted by Gasteiger charge is 2.15. The molecule has 1 aliphatic heterocycles. The summed E-state index contributed by atoms with van der Waals surface area (Å²) in [6.45, 7) is 5.79. The number of rotatable bonds is 1. The Labute approximate surface area is 102 Å². The Morgan fingerprint density at radius 3 is 2.65 bits per heavy atom. The molecule has 0 spiro atoms. The molecular formula is C14H18N2O. The van der Waals surface area contributed by atoms with Crippen LogP contribution in [0.25, 0.3) is 10.9 Å². The average molecular weight is 230 g/mol. The molecule has 3 nitrogen and oxygen atoms in total. The maximum atomic E-state index is 5.40. The summed E-state index contributed by atoms with van der Waals surface area (Å²) in [6.07, 6.45) is 0. The number of anilines is 1. The first-order chi connectivity index (χ1) is 8.25. The molecule has 0 radical (unpaired) electrons. The minimum Gasteiger partial charge on any atom is -0.378 e. The first-order valence-electron chi connectivity index (χ1n) is 6.14. The summed E-state index contributed by atoms with van der Waals surface area (Å²) in [7, 11) is 2.14. The van der Waals surface area contributed by atoms with Crippen LogP contribution in [0.15, 0.2) is 24.3 Å². The number of fused-ring (bicyclic) bond motifs is 1. The Bertz CT molecular complexity index is 538. The van der Waals surface area contributed by atoms with Gasteiger partial charge < -0.3 is 14.2 Å². The van der Waals surface area contributed by atoms with E-state index in [0.717, 1.165) is 26.3 Å². The standard InChI is InChI=1S/C14H18N2O/c1-11-3-4-13-12(9-11)10-14(15(13)2)16-5-7-17-8-6-16/h3-4,9-10H,5-8H2,1-2H3. The van der Waals surface area contributed by atoms with Crippen molar-refractivity contribution in [2.45, 2.75) is 6.92 Å². The number of ether oxygens (including phenoxy) is 1. The summed E-state index contributed by atoms with van der Waals surface area (Å²) in [5, 5.41) is 1.33. The molecule has 0 N–H and O–H groups in total. The zero-order valence-corrected chi connectivity index (χ0v) is 10.4. The van der Waals surface area contributed by atoms with Crippen molar-refractivity contribution in [1.82, 2.24) is 4.57 Å². The van der Waals surface area contributed by atoms with E-state index < -0.39 is 0 Å². The Hall–Kier alpha value is -1.48. The van der Waals surface area contributed by atoms with E-state index in [0.29, 0.717) is 0 Å². The van der Waals surface area contributed by atoms with Crippen LogP contribution in [0.3, 0.4) is 0 Å². The van der Waals surface area contributed by atoms with Gasteiger partial charge in [-0.25, -0.2) is 0 Å². The third kappa shape index (κ3) is 1.80. The lowest BCUT2D eigenvalue weighted by Gasteiger charge is -2.28. The Morgan fingerprint density at radius 1 is 1.12 bits per heavy atom. The van der Waals surface area contributed by atoms with Gasteiger partial charge in [0.1, 0.15) is 5.82 Å². The predicted molar refractivity (Wildman–Crippen MR) is 70.7 cm³/mol. The molecule has 0 amide bonds. The van der Waals surface area contributed by atoms with Crippen molar-refractivity contribution in [1.29, 1.82) is 0 Å². The van der Waals surface area contributed by atoms with Gasteiger partial charge in [-0.05, 0) is 25.1 Å². The lowest BCUT2D eigenvalue weighted by molar-refractivity contribution is 0.122. The molecule has 1 aromatic carbocycles. The molecule has 1 saturated heterocycles. The maximum absolute atomic E-state index is 5.40. The van der Waals surface area contributed by atoms with Crippen LogP contribution in [-0.4, -0.2) is 30.9 Å².